The number of nitrogens with two attached hydrogens (primary N) is 1. The fourth-order valence-corrected chi connectivity index (χ4v) is 2.36. The predicted octanol–water partition coefficient (Wildman–Crippen LogP) is 2.58. The highest BCUT2D eigenvalue weighted by molar-refractivity contribution is 6.00. The first-order valence-electron chi connectivity index (χ1n) is 7.01. The maximum atomic E-state index is 12.4. The molecule has 116 valence electrons. The molecule has 0 aliphatic carbocycles. The van der Waals surface area contributed by atoms with E-state index in [0.717, 1.165) is 19.3 Å². The Kier molecular flexibility index (Phi) is 5.66. The Morgan fingerprint density at radius 3 is 2.29 bits per heavy atom. The zero-order chi connectivity index (χ0) is 16.0. The molecule has 0 saturated heterocycles. The van der Waals surface area contributed by atoms with Crippen LogP contribution >= 0.6 is 0 Å². The van der Waals surface area contributed by atoms with Crippen molar-refractivity contribution in [2.75, 3.05) is 5.43 Å². The number of carbonyl (C=O) groups is 1. The lowest BCUT2D eigenvalue weighted by Crippen LogP contribution is -2.47. The second-order valence-electron chi connectivity index (χ2n) is 4.90. The van der Waals surface area contributed by atoms with Crippen LogP contribution in [0.4, 0.5) is 11.4 Å². The van der Waals surface area contributed by atoms with E-state index < -0.39 is 10.8 Å². The van der Waals surface area contributed by atoms with Crippen molar-refractivity contribution in [3.05, 3.63) is 33.9 Å². The smallest absolute Gasteiger partial charge is 0.306 e. The first kappa shape index (κ1) is 16.9. The Morgan fingerprint density at radius 2 is 1.86 bits per heavy atom. The Labute approximate surface area is 124 Å². The highest BCUT2D eigenvalue weighted by Crippen LogP contribution is 2.29. The monoisotopic (exact) mass is 294 g/mol. The molecule has 1 aromatic carbocycles. The summed E-state index contributed by atoms with van der Waals surface area (Å²) in [7, 11) is 0. The first-order valence-corrected chi connectivity index (χ1v) is 7.01. The summed E-state index contributed by atoms with van der Waals surface area (Å²) in [6, 6.07) is 4.45. The molecule has 0 aliphatic rings. The molecule has 7 heteroatoms. The van der Waals surface area contributed by atoms with Crippen molar-refractivity contribution in [2.24, 2.45) is 5.84 Å². The van der Waals surface area contributed by atoms with Crippen LogP contribution in [0.1, 0.15) is 50.4 Å². The van der Waals surface area contributed by atoms with E-state index in [0.29, 0.717) is 0 Å². The molecule has 7 nitrogen and oxygen atoms in total. The summed E-state index contributed by atoms with van der Waals surface area (Å²) in [5.41, 5.74) is 1.72. The third-order valence-electron chi connectivity index (χ3n) is 4.03. The average molecular weight is 294 g/mol. The standard InChI is InChI=1S/C14H22N4O3/c1-4-14(5-2,6-3)16-13(19)10-8-7-9-11(17-15)12(10)18(20)21/h7-9,17H,4-6,15H2,1-3H3,(H,16,19). The minimum Gasteiger partial charge on any atom is -0.346 e. The highest BCUT2D eigenvalue weighted by Gasteiger charge is 2.30. The van der Waals surface area contributed by atoms with Gasteiger partial charge in [-0.1, -0.05) is 26.8 Å². The maximum Gasteiger partial charge on any atom is 0.306 e. The van der Waals surface area contributed by atoms with Gasteiger partial charge in [0.15, 0.2) is 0 Å². The topological polar surface area (TPSA) is 110 Å². The average Bonchev–Trinajstić information content (AvgIpc) is 2.51. The van der Waals surface area contributed by atoms with Crippen LogP contribution < -0.4 is 16.6 Å². The molecule has 0 aliphatic heterocycles. The first-order chi connectivity index (χ1) is 9.94. The lowest BCUT2D eigenvalue weighted by molar-refractivity contribution is -0.384. The largest absolute Gasteiger partial charge is 0.346 e. The molecular weight excluding hydrogens is 272 g/mol. The molecule has 0 heterocycles. The van der Waals surface area contributed by atoms with Gasteiger partial charge in [-0.15, -0.1) is 0 Å². The molecule has 0 fully saturated rings. The lowest BCUT2D eigenvalue weighted by atomic mass is 9.89. The summed E-state index contributed by atoms with van der Waals surface area (Å²) in [6.45, 7) is 5.96. The van der Waals surface area contributed by atoms with Crippen molar-refractivity contribution < 1.29 is 9.72 Å². The number of hydrogen-bond donors (Lipinski definition) is 3. The lowest BCUT2D eigenvalue weighted by Gasteiger charge is -2.31. The van der Waals surface area contributed by atoms with Crippen LogP contribution in [0.2, 0.25) is 0 Å². The number of nitro groups is 1. The summed E-state index contributed by atoms with van der Waals surface area (Å²) in [6.07, 6.45) is 2.27. The van der Waals surface area contributed by atoms with Crippen LogP contribution in [0.15, 0.2) is 18.2 Å². The van der Waals surface area contributed by atoms with Gasteiger partial charge < -0.3 is 10.7 Å². The number of nitro benzene ring substituents is 1. The van der Waals surface area contributed by atoms with Crippen molar-refractivity contribution >= 4 is 17.3 Å². The summed E-state index contributed by atoms with van der Waals surface area (Å²) in [4.78, 5) is 23.1. The molecule has 0 saturated carbocycles. The van der Waals surface area contributed by atoms with Crippen molar-refractivity contribution in [3.63, 3.8) is 0 Å². The molecule has 0 spiro atoms. The fraction of sp³-hybridized carbons (Fsp3) is 0.500. The van der Waals surface area contributed by atoms with E-state index in [2.05, 4.69) is 10.7 Å². The Morgan fingerprint density at radius 1 is 1.29 bits per heavy atom. The molecule has 0 unspecified atom stereocenters. The SMILES string of the molecule is CCC(CC)(CC)NC(=O)c1cccc(NN)c1[N+](=O)[O-]. The van der Waals surface area contributed by atoms with E-state index in [1.54, 1.807) is 6.07 Å². The van der Waals surface area contributed by atoms with Gasteiger partial charge in [0.1, 0.15) is 11.3 Å². The molecule has 1 amide bonds. The number of hydrazine groups is 1. The van der Waals surface area contributed by atoms with Gasteiger partial charge in [-0.3, -0.25) is 20.8 Å². The van der Waals surface area contributed by atoms with E-state index in [9.17, 15) is 14.9 Å². The third kappa shape index (κ3) is 3.49. The van der Waals surface area contributed by atoms with Gasteiger partial charge in [0, 0.05) is 5.54 Å². The zero-order valence-electron chi connectivity index (χ0n) is 12.6. The maximum absolute atomic E-state index is 12.4. The van der Waals surface area contributed by atoms with Crippen LogP contribution in [0.25, 0.3) is 0 Å². The van der Waals surface area contributed by atoms with Gasteiger partial charge in [-0.25, -0.2) is 0 Å². The van der Waals surface area contributed by atoms with E-state index in [4.69, 9.17) is 5.84 Å². The number of nitrogen functional groups attached to an aromatic ring is 1. The minimum atomic E-state index is -0.602. The number of hydrogen-bond acceptors (Lipinski definition) is 5. The van der Waals surface area contributed by atoms with Gasteiger partial charge in [0.05, 0.1) is 4.92 Å². The summed E-state index contributed by atoms with van der Waals surface area (Å²) in [5.74, 6) is 4.82. The number of benzene rings is 1. The van der Waals surface area contributed by atoms with Gasteiger partial charge in [0.25, 0.3) is 5.91 Å². The zero-order valence-corrected chi connectivity index (χ0v) is 12.6. The normalized spacial score (nSPS) is 11.0. The van der Waals surface area contributed by atoms with Crippen molar-refractivity contribution in [3.8, 4) is 0 Å². The van der Waals surface area contributed by atoms with Gasteiger partial charge in [-0.05, 0) is 31.4 Å². The van der Waals surface area contributed by atoms with Gasteiger partial charge in [-0.2, -0.15) is 0 Å². The van der Waals surface area contributed by atoms with Crippen LogP contribution in [-0.4, -0.2) is 16.4 Å². The quantitative estimate of drug-likeness (QED) is 0.406. The molecule has 0 radical (unpaired) electrons. The molecule has 21 heavy (non-hydrogen) atoms. The van der Waals surface area contributed by atoms with Gasteiger partial charge in [0.2, 0.25) is 0 Å². The second kappa shape index (κ2) is 7.03. The second-order valence-corrected chi connectivity index (χ2v) is 4.90. The molecule has 1 aromatic rings. The van der Waals surface area contributed by atoms with Crippen LogP contribution in [0.3, 0.4) is 0 Å². The van der Waals surface area contributed by atoms with Crippen LogP contribution in [-0.2, 0) is 0 Å². The number of para-hydroxylation sites is 1. The summed E-state index contributed by atoms with van der Waals surface area (Å²) < 4.78 is 0. The van der Waals surface area contributed by atoms with Crippen molar-refractivity contribution in [1.82, 2.24) is 5.32 Å². The minimum absolute atomic E-state index is 0.00942. The number of carbonyl (C=O) groups excluding carboxylic acids is 1. The number of amides is 1. The number of nitrogens with zero attached hydrogens (tertiary/aromatic N) is 1. The van der Waals surface area contributed by atoms with Crippen LogP contribution in [0.5, 0.6) is 0 Å². The van der Waals surface area contributed by atoms with E-state index in [-0.39, 0.29) is 22.5 Å². The highest BCUT2D eigenvalue weighted by atomic mass is 16.6. The fourth-order valence-electron chi connectivity index (χ4n) is 2.36. The number of anilines is 1. The van der Waals surface area contributed by atoms with Crippen LogP contribution in [0, 0.1) is 10.1 Å². The predicted molar refractivity (Wildman–Crippen MR) is 82.0 cm³/mol. The molecule has 4 N–H and O–H groups in total. The number of rotatable bonds is 7. The molecule has 0 atom stereocenters. The molecule has 1 rings (SSSR count). The van der Waals surface area contributed by atoms with Gasteiger partial charge >= 0.3 is 5.69 Å². The Bertz CT molecular complexity index is 519. The van der Waals surface area contributed by atoms with E-state index in [1.807, 2.05) is 20.8 Å². The molecule has 0 aromatic heterocycles. The molecule has 0 bridgehead atoms. The Balaban J connectivity index is 3.22. The van der Waals surface area contributed by atoms with E-state index >= 15 is 0 Å². The third-order valence-corrected chi connectivity index (χ3v) is 4.03. The van der Waals surface area contributed by atoms with Crippen molar-refractivity contribution in [2.45, 2.75) is 45.6 Å². The number of nitrogens with one attached hydrogen (secondary N) is 2. The molecular formula is C14H22N4O3. The van der Waals surface area contributed by atoms with E-state index in [1.165, 1.54) is 12.1 Å². The summed E-state index contributed by atoms with van der Waals surface area (Å²) >= 11 is 0. The van der Waals surface area contributed by atoms with Crippen molar-refractivity contribution in [1.29, 1.82) is 0 Å². The Hall–Kier alpha value is -2.15. The summed E-state index contributed by atoms with van der Waals surface area (Å²) in [5, 5.41) is 14.1.